The highest BCUT2D eigenvalue weighted by atomic mass is 35.5. The van der Waals surface area contributed by atoms with Crippen LogP contribution in [0.2, 0.25) is 5.02 Å². The van der Waals surface area contributed by atoms with Crippen LogP contribution < -0.4 is 4.90 Å². The first-order valence-electron chi connectivity index (χ1n) is 8.05. The van der Waals surface area contributed by atoms with Gasteiger partial charge in [-0.15, -0.1) is 0 Å². The van der Waals surface area contributed by atoms with Crippen molar-refractivity contribution in [1.82, 2.24) is 4.31 Å². The maximum absolute atomic E-state index is 12.8. The molecule has 26 heavy (non-hydrogen) atoms. The molecule has 2 aromatic carbocycles. The molecule has 0 aliphatic carbocycles. The van der Waals surface area contributed by atoms with Gasteiger partial charge in [-0.3, -0.25) is 10.1 Å². The van der Waals surface area contributed by atoms with Gasteiger partial charge in [0.15, 0.2) is 0 Å². The van der Waals surface area contributed by atoms with Crippen LogP contribution in [0.1, 0.15) is 5.56 Å². The van der Waals surface area contributed by atoms with Gasteiger partial charge in [-0.05, 0) is 30.7 Å². The summed E-state index contributed by atoms with van der Waals surface area (Å²) in [6, 6.07) is 10.9. The lowest BCUT2D eigenvalue weighted by atomic mass is 10.2. The molecule has 1 aliphatic heterocycles. The highest BCUT2D eigenvalue weighted by Gasteiger charge is 2.29. The lowest BCUT2D eigenvalue weighted by Crippen LogP contribution is -2.48. The highest BCUT2D eigenvalue weighted by molar-refractivity contribution is 7.89. The van der Waals surface area contributed by atoms with Crippen LogP contribution in [0, 0.1) is 17.0 Å². The van der Waals surface area contributed by atoms with Crippen LogP contribution in [0.3, 0.4) is 0 Å². The number of nitrogens with zero attached hydrogens (tertiary/aromatic N) is 3. The Hall–Kier alpha value is -2.16. The van der Waals surface area contributed by atoms with Gasteiger partial charge in [-0.25, -0.2) is 8.42 Å². The number of hydrogen-bond acceptors (Lipinski definition) is 5. The Labute approximate surface area is 157 Å². The first kappa shape index (κ1) is 18.6. The number of anilines is 1. The molecular weight excluding hydrogens is 378 g/mol. The smallest absolute Gasteiger partial charge is 0.270 e. The summed E-state index contributed by atoms with van der Waals surface area (Å²) in [7, 11) is -3.76. The third-order valence-corrected chi connectivity index (χ3v) is 6.73. The van der Waals surface area contributed by atoms with E-state index in [-0.39, 0.29) is 10.6 Å². The topological polar surface area (TPSA) is 83.8 Å². The minimum atomic E-state index is -3.76. The Bertz CT molecular complexity index is 941. The molecule has 0 spiro atoms. The zero-order valence-electron chi connectivity index (χ0n) is 14.1. The molecular formula is C17H18ClN3O4S. The molecule has 1 heterocycles. The molecule has 1 aliphatic rings. The molecule has 2 aromatic rings. The molecule has 0 amide bonds. The molecule has 0 N–H and O–H groups in total. The fourth-order valence-corrected chi connectivity index (χ4v) is 4.51. The van der Waals surface area contributed by atoms with Gasteiger partial charge in [0.2, 0.25) is 10.0 Å². The SMILES string of the molecule is Cc1ccc(N2CCN(S(=O)(=O)c3cccc([N+](=O)[O-])c3)CC2)cc1Cl. The number of nitro groups is 1. The quantitative estimate of drug-likeness (QED) is 0.586. The molecule has 0 bridgehead atoms. The van der Waals surface area contributed by atoms with Crippen molar-refractivity contribution >= 4 is 33.0 Å². The van der Waals surface area contributed by atoms with Crippen molar-refractivity contribution < 1.29 is 13.3 Å². The third kappa shape index (κ3) is 3.67. The largest absolute Gasteiger partial charge is 0.369 e. The number of aryl methyl sites for hydroxylation is 1. The van der Waals surface area contributed by atoms with Crippen LogP contribution in [0.5, 0.6) is 0 Å². The van der Waals surface area contributed by atoms with E-state index in [9.17, 15) is 18.5 Å². The van der Waals surface area contributed by atoms with E-state index >= 15 is 0 Å². The Balaban J connectivity index is 1.75. The van der Waals surface area contributed by atoms with Gasteiger partial charge in [-0.1, -0.05) is 23.7 Å². The average molecular weight is 396 g/mol. The van der Waals surface area contributed by atoms with Gasteiger partial charge in [0.05, 0.1) is 9.82 Å². The summed E-state index contributed by atoms with van der Waals surface area (Å²) in [5, 5.41) is 11.6. The summed E-state index contributed by atoms with van der Waals surface area (Å²) in [5.41, 5.74) is 1.70. The van der Waals surface area contributed by atoms with E-state index in [1.54, 1.807) is 0 Å². The van der Waals surface area contributed by atoms with Crippen molar-refractivity contribution in [3.8, 4) is 0 Å². The van der Waals surface area contributed by atoms with Crippen LogP contribution in [-0.2, 0) is 10.0 Å². The Morgan fingerprint density at radius 1 is 1.08 bits per heavy atom. The molecule has 138 valence electrons. The zero-order chi connectivity index (χ0) is 18.9. The van der Waals surface area contributed by atoms with Crippen molar-refractivity contribution in [1.29, 1.82) is 0 Å². The van der Waals surface area contributed by atoms with E-state index in [1.807, 2.05) is 25.1 Å². The maximum atomic E-state index is 12.8. The first-order valence-corrected chi connectivity index (χ1v) is 9.86. The molecule has 3 rings (SSSR count). The van der Waals surface area contributed by atoms with Crippen molar-refractivity contribution in [2.24, 2.45) is 0 Å². The molecule has 0 radical (unpaired) electrons. The summed E-state index contributed by atoms with van der Waals surface area (Å²) in [4.78, 5) is 12.3. The number of nitro benzene ring substituents is 1. The second kappa shape index (κ2) is 7.22. The Morgan fingerprint density at radius 3 is 2.38 bits per heavy atom. The van der Waals surface area contributed by atoms with E-state index < -0.39 is 14.9 Å². The average Bonchev–Trinajstić information content (AvgIpc) is 2.64. The fourth-order valence-electron chi connectivity index (χ4n) is 2.87. The lowest BCUT2D eigenvalue weighted by molar-refractivity contribution is -0.385. The number of sulfonamides is 1. The Kier molecular flexibility index (Phi) is 5.17. The summed E-state index contributed by atoms with van der Waals surface area (Å²) in [6.07, 6.45) is 0. The van der Waals surface area contributed by atoms with Crippen LogP contribution in [0.15, 0.2) is 47.4 Å². The van der Waals surface area contributed by atoms with Crippen LogP contribution >= 0.6 is 11.6 Å². The summed E-state index contributed by atoms with van der Waals surface area (Å²) < 4.78 is 26.9. The number of non-ortho nitro benzene ring substituents is 1. The normalized spacial score (nSPS) is 15.8. The van der Waals surface area contributed by atoms with Gasteiger partial charge in [-0.2, -0.15) is 4.31 Å². The van der Waals surface area contributed by atoms with Crippen molar-refractivity contribution in [3.05, 3.63) is 63.2 Å². The number of hydrogen-bond donors (Lipinski definition) is 0. The molecule has 0 atom stereocenters. The van der Waals surface area contributed by atoms with E-state index in [0.717, 1.165) is 17.3 Å². The molecule has 0 saturated carbocycles. The van der Waals surface area contributed by atoms with Crippen LogP contribution in [0.25, 0.3) is 0 Å². The number of benzene rings is 2. The molecule has 1 saturated heterocycles. The van der Waals surface area contributed by atoms with E-state index in [1.165, 1.54) is 22.5 Å². The molecule has 7 nitrogen and oxygen atoms in total. The van der Waals surface area contributed by atoms with E-state index in [2.05, 4.69) is 4.90 Å². The van der Waals surface area contributed by atoms with Crippen molar-refractivity contribution in [3.63, 3.8) is 0 Å². The molecule has 1 fully saturated rings. The van der Waals surface area contributed by atoms with Gasteiger partial charge >= 0.3 is 0 Å². The second-order valence-electron chi connectivity index (χ2n) is 6.08. The minimum Gasteiger partial charge on any atom is -0.369 e. The molecule has 9 heteroatoms. The predicted octanol–water partition coefficient (Wildman–Crippen LogP) is 3.07. The number of piperazine rings is 1. The monoisotopic (exact) mass is 395 g/mol. The second-order valence-corrected chi connectivity index (χ2v) is 8.42. The summed E-state index contributed by atoms with van der Waals surface area (Å²) in [6.45, 7) is 3.57. The predicted molar refractivity (Wildman–Crippen MR) is 100 cm³/mol. The van der Waals surface area contributed by atoms with Gasteiger partial charge in [0, 0.05) is 49.0 Å². The van der Waals surface area contributed by atoms with Crippen LogP contribution in [-0.4, -0.2) is 43.8 Å². The van der Waals surface area contributed by atoms with Crippen molar-refractivity contribution in [2.45, 2.75) is 11.8 Å². The first-order chi connectivity index (χ1) is 12.3. The van der Waals surface area contributed by atoms with Crippen molar-refractivity contribution in [2.75, 3.05) is 31.1 Å². The van der Waals surface area contributed by atoms with Gasteiger partial charge in [0.1, 0.15) is 0 Å². The Morgan fingerprint density at radius 2 is 1.77 bits per heavy atom. The molecule has 0 unspecified atom stereocenters. The maximum Gasteiger partial charge on any atom is 0.270 e. The summed E-state index contributed by atoms with van der Waals surface area (Å²) in [5.74, 6) is 0. The number of rotatable bonds is 4. The highest BCUT2D eigenvalue weighted by Crippen LogP contribution is 2.26. The zero-order valence-corrected chi connectivity index (χ0v) is 15.7. The number of halogens is 1. The van der Waals surface area contributed by atoms with E-state index in [0.29, 0.717) is 31.2 Å². The minimum absolute atomic E-state index is 0.0569. The van der Waals surface area contributed by atoms with Crippen LogP contribution in [0.4, 0.5) is 11.4 Å². The fraction of sp³-hybridized carbons (Fsp3) is 0.294. The standard InChI is InChI=1S/C17H18ClN3O4S/c1-13-5-6-14(12-17(13)18)19-7-9-20(10-8-19)26(24,25)16-4-2-3-15(11-16)21(22)23/h2-6,11-12H,7-10H2,1H3. The van der Waals surface area contributed by atoms with Gasteiger partial charge < -0.3 is 4.90 Å². The third-order valence-electron chi connectivity index (χ3n) is 4.43. The molecule has 0 aromatic heterocycles. The summed E-state index contributed by atoms with van der Waals surface area (Å²) >= 11 is 6.17. The lowest BCUT2D eigenvalue weighted by Gasteiger charge is -2.35. The van der Waals surface area contributed by atoms with E-state index in [4.69, 9.17) is 11.6 Å². The van der Waals surface area contributed by atoms with Gasteiger partial charge in [0.25, 0.3) is 5.69 Å².